The molecule has 0 amide bonds. The fourth-order valence-corrected chi connectivity index (χ4v) is 5.94. The number of hydrogen-bond donors (Lipinski definition) is 0. The molecular weight excluding hydrogens is 387 g/mol. The topological polar surface area (TPSA) is 27.7 Å². The zero-order valence-corrected chi connectivity index (χ0v) is 20.3. The molecule has 1 aliphatic heterocycles. The third-order valence-corrected chi connectivity index (χ3v) is 8.25. The maximum Gasteiger partial charge on any atom is 0.487 e. The van der Waals surface area contributed by atoms with Gasteiger partial charge >= 0.3 is 7.12 Å². The molecule has 3 rings (SSSR count). The van der Waals surface area contributed by atoms with E-state index >= 15 is 0 Å². The van der Waals surface area contributed by atoms with Gasteiger partial charge in [-0.1, -0.05) is 86.1 Å². The maximum atomic E-state index is 6.88. The van der Waals surface area contributed by atoms with E-state index in [2.05, 4.69) is 115 Å². The highest BCUT2D eigenvalue weighted by molar-refractivity contribution is 6.80. The summed E-state index contributed by atoms with van der Waals surface area (Å²) in [6, 6.07) is 21.1. The van der Waals surface area contributed by atoms with Crippen LogP contribution < -0.4 is 10.4 Å². The molecule has 0 bridgehead atoms. The SMILES string of the molecule is C/C(=C\B1OC(C)(C)C(C)(C)O1)C(O[Si](c1ccccc1)c1ccccc1)C(C)C. The van der Waals surface area contributed by atoms with Crippen molar-refractivity contribution in [1.82, 2.24) is 0 Å². The highest BCUT2D eigenvalue weighted by Gasteiger charge is 2.50. The standard InChI is InChI=1S/C25H34BO3Si/c1-19(2)23(20(3)18-26-28-24(4,5)25(6,7)29-26)27-30(21-14-10-8-11-15-21)22-16-12-9-13-17-22/h8-19,23H,1-7H3/b20-18+. The van der Waals surface area contributed by atoms with Crippen LogP contribution in [0.3, 0.4) is 0 Å². The second-order valence-electron chi connectivity index (χ2n) is 9.38. The average Bonchev–Trinajstić information content (AvgIpc) is 2.89. The molecule has 1 aliphatic rings. The van der Waals surface area contributed by atoms with Crippen molar-refractivity contribution >= 4 is 26.5 Å². The molecule has 1 heterocycles. The van der Waals surface area contributed by atoms with Gasteiger partial charge in [0.15, 0.2) is 0 Å². The molecule has 5 heteroatoms. The molecule has 0 aromatic heterocycles. The van der Waals surface area contributed by atoms with Gasteiger partial charge in [-0.05, 0) is 50.9 Å². The Balaban J connectivity index is 1.88. The summed E-state index contributed by atoms with van der Waals surface area (Å²) in [6.07, 6.45) is -0.0154. The Bertz CT molecular complexity index is 794. The van der Waals surface area contributed by atoms with Gasteiger partial charge in [0.05, 0.1) is 17.3 Å². The first kappa shape index (κ1) is 23.0. The molecule has 159 valence electrons. The number of rotatable bonds is 7. The van der Waals surface area contributed by atoms with Crippen LogP contribution in [-0.2, 0) is 13.7 Å². The van der Waals surface area contributed by atoms with E-state index in [4.69, 9.17) is 13.7 Å². The lowest BCUT2D eigenvalue weighted by atomic mass is 9.84. The highest BCUT2D eigenvalue weighted by atomic mass is 28.3. The molecule has 2 aromatic rings. The Morgan fingerprint density at radius 1 is 0.867 bits per heavy atom. The molecule has 3 nitrogen and oxygen atoms in total. The third-order valence-electron chi connectivity index (χ3n) is 6.04. The minimum Gasteiger partial charge on any atom is -0.400 e. The van der Waals surface area contributed by atoms with Crippen LogP contribution in [0.5, 0.6) is 0 Å². The lowest BCUT2D eigenvalue weighted by Gasteiger charge is -2.32. The third kappa shape index (κ3) is 5.14. The summed E-state index contributed by atoms with van der Waals surface area (Å²) >= 11 is 0. The van der Waals surface area contributed by atoms with Crippen LogP contribution >= 0.6 is 0 Å². The van der Waals surface area contributed by atoms with E-state index in [9.17, 15) is 0 Å². The van der Waals surface area contributed by atoms with Gasteiger partial charge < -0.3 is 13.7 Å². The van der Waals surface area contributed by atoms with Crippen molar-refractivity contribution in [1.29, 1.82) is 0 Å². The van der Waals surface area contributed by atoms with E-state index in [1.807, 2.05) is 0 Å². The monoisotopic (exact) mass is 421 g/mol. The molecule has 2 aromatic carbocycles. The second kappa shape index (κ2) is 9.23. The molecular formula is C25H34BO3Si. The van der Waals surface area contributed by atoms with Gasteiger partial charge in [0, 0.05) is 0 Å². The van der Waals surface area contributed by atoms with Crippen LogP contribution in [0.4, 0.5) is 0 Å². The minimum absolute atomic E-state index is 0.0154. The van der Waals surface area contributed by atoms with Gasteiger partial charge in [0.2, 0.25) is 0 Å². The summed E-state index contributed by atoms with van der Waals surface area (Å²) in [6.45, 7) is 14.9. The summed E-state index contributed by atoms with van der Waals surface area (Å²) in [7, 11) is -1.75. The predicted molar refractivity (Wildman–Crippen MR) is 127 cm³/mol. The van der Waals surface area contributed by atoms with Gasteiger partial charge in [-0.3, -0.25) is 0 Å². The Morgan fingerprint density at radius 2 is 1.30 bits per heavy atom. The Morgan fingerprint density at radius 3 is 1.70 bits per heavy atom. The minimum atomic E-state index is -1.39. The van der Waals surface area contributed by atoms with Crippen molar-refractivity contribution in [3.63, 3.8) is 0 Å². The van der Waals surface area contributed by atoms with Crippen LogP contribution in [0.25, 0.3) is 0 Å². The zero-order chi connectivity index (χ0) is 21.9. The summed E-state index contributed by atoms with van der Waals surface area (Å²) in [5.74, 6) is 2.42. The smallest absolute Gasteiger partial charge is 0.400 e. The van der Waals surface area contributed by atoms with Crippen molar-refractivity contribution in [3.8, 4) is 0 Å². The van der Waals surface area contributed by atoms with Crippen LogP contribution in [0.15, 0.2) is 72.2 Å². The molecule has 1 radical (unpaired) electrons. The quantitative estimate of drug-likeness (QED) is 0.620. The van der Waals surface area contributed by atoms with E-state index < -0.39 is 9.04 Å². The summed E-state index contributed by atoms with van der Waals surface area (Å²) < 4.78 is 19.3. The number of hydrogen-bond acceptors (Lipinski definition) is 3. The largest absolute Gasteiger partial charge is 0.487 e. The second-order valence-corrected chi connectivity index (χ2v) is 11.4. The summed E-state index contributed by atoms with van der Waals surface area (Å²) in [5.41, 5.74) is 0.468. The lowest BCUT2D eigenvalue weighted by Crippen LogP contribution is -2.48. The molecule has 1 fully saturated rings. The summed E-state index contributed by atoms with van der Waals surface area (Å²) in [5, 5.41) is 2.51. The average molecular weight is 421 g/mol. The Hall–Kier alpha value is -1.66. The lowest BCUT2D eigenvalue weighted by molar-refractivity contribution is 0.00578. The first-order chi connectivity index (χ1) is 14.1. The van der Waals surface area contributed by atoms with Gasteiger partial charge in [-0.2, -0.15) is 0 Å². The molecule has 1 unspecified atom stereocenters. The predicted octanol–water partition coefficient (Wildman–Crippen LogP) is 4.41. The first-order valence-electron chi connectivity index (χ1n) is 10.8. The molecule has 0 aliphatic carbocycles. The van der Waals surface area contributed by atoms with Crippen LogP contribution in [0.2, 0.25) is 0 Å². The van der Waals surface area contributed by atoms with Crippen molar-refractivity contribution in [2.45, 2.75) is 65.8 Å². The Kier molecular flexibility index (Phi) is 7.08. The van der Waals surface area contributed by atoms with Gasteiger partial charge in [0.1, 0.15) is 0 Å². The van der Waals surface area contributed by atoms with E-state index in [1.165, 1.54) is 10.4 Å². The first-order valence-corrected chi connectivity index (χ1v) is 12.2. The van der Waals surface area contributed by atoms with Crippen molar-refractivity contribution in [3.05, 3.63) is 72.2 Å². The van der Waals surface area contributed by atoms with E-state index in [0.29, 0.717) is 5.92 Å². The highest BCUT2D eigenvalue weighted by Crippen LogP contribution is 2.37. The fourth-order valence-electron chi connectivity index (χ4n) is 3.63. The fraction of sp³-hybridized carbons (Fsp3) is 0.440. The zero-order valence-electron chi connectivity index (χ0n) is 19.3. The van der Waals surface area contributed by atoms with E-state index in [0.717, 1.165) is 5.57 Å². The van der Waals surface area contributed by atoms with Crippen molar-refractivity contribution in [2.75, 3.05) is 0 Å². The normalized spacial score (nSPS) is 19.5. The molecule has 0 saturated carbocycles. The van der Waals surface area contributed by atoms with Gasteiger partial charge in [-0.25, -0.2) is 0 Å². The van der Waals surface area contributed by atoms with Gasteiger partial charge in [-0.15, -0.1) is 0 Å². The van der Waals surface area contributed by atoms with E-state index in [-0.39, 0.29) is 24.4 Å². The number of benzene rings is 2. The molecule has 0 N–H and O–H groups in total. The molecule has 1 saturated heterocycles. The molecule has 30 heavy (non-hydrogen) atoms. The van der Waals surface area contributed by atoms with Crippen molar-refractivity contribution < 1.29 is 13.7 Å². The van der Waals surface area contributed by atoms with Crippen LogP contribution in [-0.4, -0.2) is 33.5 Å². The van der Waals surface area contributed by atoms with Crippen LogP contribution in [0.1, 0.15) is 48.5 Å². The Labute approximate surface area is 184 Å². The molecule has 1 atom stereocenters. The van der Waals surface area contributed by atoms with Gasteiger partial charge in [0.25, 0.3) is 9.04 Å². The molecule has 0 spiro atoms. The summed E-state index contributed by atoms with van der Waals surface area (Å²) in [4.78, 5) is 0. The van der Waals surface area contributed by atoms with E-state index in [1.54, 1.807) is 0 Å². The van der Waals surface area contributed by atoms with Crippen LogP contribution in [0, 0.1) is 5.92 Å². The maximum absolute atomic E-state index is 6.88. The van der Waals surface area contributed by atoms with Crippen molar-refractivity contribution in [2.24, 2.45) is 5.92 Å².